The summed E-state index contributed by atoms with van der Waals surface area (Å²) in [6, 6.07) is 14.1. The van der Waals surface area contributed by atoms with E-state index in [0.717, 1.165) is 17.7 Å². The number of hydrogen-bond donors (Lipinski definition) is 0. The predicted octanol–water partition coefficient (Wildman–Crippen LogP) is 3.82. The van der Waals surface area contributed by atoms with Gasteiger partial charge in [0.15, 0.2) is 0 Å². The lowest BCUT2D eigenvalue weighted by molar-refractivity contribution is -0.126. The normalized spacial score (nSPS) is 10.9. The van der Waals surface area contributed by atoms with Crippen molar-refractivity contribution in [2.75, 3.05) is 6.54 Å². The van der Waals surface area contributed by atoms with Crippen LogP contribution in [-0.4, -0.2) is 27.3 Å². The van der Waals surface area contributed by atoms with Gasteiger partial charge in [-0.05, 0) is 35.8 Å². The van der Waals surface area contributed by atoms with Gasteiger partial charge in [-0.2, -0.15) is 0 Å². The Hall–Kier alpha value is -2.79. The van der Waals surface area contributed by atoms with Crippen LogP contribution < -0.4 is 0 Å². The Kier molecular flexibility index (Phi) is 6.06. The first-order valence-electron chi connectivity index (χ1n) is 8.09. The maximum Gasteiger partial charge on any atom is 0.246 e. The van der Waals surface area contributed by atoms with Crippen molar-refractivity contribution in [3.8, 4) is 0 Å². The molecule has 126 valence electrons. The molecule has 0 aliphatic heterocycles. The fourth-order valence-electron chi connectivity index (χ4n) is 2.45. The zero-order valence-corrected chi connectivity index (χ0v) is 14.6. The fraction of sp³-hybridized carbons (Fsp3) is 0.150. The molecule has 0 saturated carbocycles. The van der Waals surface area contributed by atoms with Gasteiger partial charge >= 0.3 is 0 Å². The van der Waals surface area contributed by atoms with Crippen molar-refractivity contribution in [2.24, 2.45) is 0 Å². The van der Waals surface area contributed by atoms with Crippen LogP contribution in [0.2, 0.25) is 0 Å². The molecule has 0 N–H and O–H groups in total. The maximum absolute atomic E-state index is 12.7. The third-order valence-corrected chi connectivity index (χ3v) is 4.40. The minimum absolute atomic E-state index is 0.0132. The molecule has 3 aromatic rings. The van der Waals surface area contributed by atoms with Gasteiger partial charge in [0.2, 0.25) is 5.91 Å². The van der Waals surface area contributed by atoms with E-state index >= 15 is 0 Å². The van der Waals surface area contributed by atoms with Crippen molar-refractivity contribution in [3.63, 3.8) is 0 Å². The molecule has 0 radical (unpaired) electrons. The topological polar surface area (TPSA) is 46.1 Å². The summed E-state index contributed by atoms with van der Waals surface area (Å²) in [5.41, 5.74) is 4.86. The monoisotopic (exact) mass is 349 g/mol. The lowest BCUT2D eigenvalue weighted by Gasteiger charge is -2.21. The van der Waals surface area contributed by atoms with Crippen LogP contribution in [0.5, 0.6) is 0 Å². The van der Waals surface area contributed by atoms with Crippen LogP contribution in [-0.2, 0) is 17.8 Å². The molecule has 3 rings (SSSR count). The van der Waals surface area contributed by atoms with E-state index in [4.69, 9.17) is 0 Å². The molecule has 2 aromatic heterocycles. The number of nitrogens with zero attached hydrogens (tertiary/aromatic N) is 3. The lowest BCUT2D eigenvalue weighted by Crippen LogP contribution is -2.31. The SMILES string of the molecule is O=C(C=Cc1cscn1)N(CCc1ccccc1)Cc1ccncc1. The average Bonchev–Trinajstić information content (AvgIpc) is 3.18. The largest absolute Gasteiger partial charge is 0.334 e. The van der Waals surface area contributed by atoms with E-state index < -0.39 is 0 Å². The Morgan fingerprint density at radius 3 is 2.60 bits per heavy atom. The van der Waals surface area contributed by atoms with Crippen molar-refractivity contribution in [3.05, 3.63) is 88.6 Å². The van der Waals surface area contributed by atoms with Gasteiger partial charge in [0.25, 0.3) is 0 Å². The van der Waals surface area contributed by atoms with Crippen LogP contribution in [0.15, 0.2) is 71.8 Å². The minimum atomic E-state index is -0.0132. The summed E-state index contributed by atoms with van der Waals surface area (Å²) >= 11 is 1.52. The highest BCUT2D eigenvalue weighted by Crippen LogP contribution is 2.09. The molecule has 1 aromatic carbocycles. The highest BCUT2D eigenvalue weighted by atomic mass is 32.1. The number of aromatic nitrogens is 2. The number of amides is 1. The summed E-state index contributed by atoms with van der Waals surface area (Å²) in [4.78, 5) is 22.7. The fourth-order valence-corrected chi connectivity index (χ4v) is 2.97. The molecular formula is C20H19N3OS. The van der Waals surface area contributed by atoms with Gasteiger partial charge in [-0.3, -0.25) is 9.78 Å². The van der Waals surface area contributed by atoms with Gasteiger partial charge in [0.05, 0.1) is 11.2 Å². The third kappa shape index (κ3) is 5.36. The maximum atomic E-state index is 12.7. The van der Waals surface area contributed by atoms with Crippen molar-refractivity contribution in [1.29, 1.82) is 0 Å². The molecule has 0 unspecified atom stereocenters. The molecule has 0 bridgehead atoms. The van der Waals surface area contributed by atoms with Gasteiger partial charge in [-0.1, -0.05) is 30.3 Å². The zero-order chi connectivity index (χ0) is 17.3. The van der Waals surface area contributed by atoms with Crippen LogP contribution in [0.1, 0.15) is 16.8 Å². The van der Waals surface area contributed by atoms with Gasteiger partial charge in [0.1, 0.15) is 0 Å². The van der Waals surface area contributed by atoms with Crippen LogP contribution in [0, 0.1) is 0 Å². The van der Waals surface area contributed by atoms with Crippen molar-refractivity contribution < 1.29 is 4.79 Å². The Morgan fingerprint density at radius 1 is 1.08 bits per heavy atom. The first-order valence-corrected chi connectivity index (χ1v) is 9.03. The smallest absolute Gasteiger partial charge is 0.246 e. The first-order chi connectivity index (χ1) is 12.3. The summed E-state index contributed by atoms with van der Waals surface area (Å²) < 4.78 is 0. The van der Waals surface area contributed by atoms with Crippen molar-refractivity contribution >= 4 is 23.3 Å². The first kappa shape index (κ1) is 17.0. The van der Waals surface area contributed by atoms with Crippen LogP contribution in [0.25, 0.3) is 6.08 Å². The van der Waals surface area contributed by atoms with Crippen molar-refractivity contribution in [2.45, 2.75) is 13.0 Å². The molecular weight excluding hydrogens is 330 g/mol. The van der Waals surface area contributed by atoms with E-state index in [1.165, 1.54) is 16.9 Å². The van der Waals surface area contributed by atoms with Gasteiger partial charge < -0.3 is 4.90 Å². The number of pyridine rings is 1. The Labute approximate surface area is 151 Å². The second-order valence-electron chi connectivity index (χ2n) is 5.60. The summed E-state index contributed by atoms with van der Waals surface area (Å²) in [6.45, 7) is 1.22. The number of hydrogen-bond acceptors (Lipinski definition) is 4. The molecule has 25 heavy (non-hydrogen) atoms. The zero-order valence-electron chi connectivity index (χ0n) is 13.8. The summed E-state index contributed by atoms with van der Waals surface area (Å²) in [6.07, 6.45) is 7.69. The number of carbonyl (C=O) groups is 1. The van der Waals surface area contributed by atoms with E-state index in [2.05, 4.69) is 22.1 Å². The predicted molar refractivity (Wildman–Crippen MR) is 101 cm³/mol. The molecule has 0 fully saturated rings. The van der Waals surface area contributed by atoms with E-state index in [9.17, 15) is 4.79 Å². The van der Waals surface area contributed by atoms with E-state index in [0.29, 0.717) is 13.1 Å². The molecule has 4 nitrogen and oxygen atoms in total. The third-order valence-electron chi connectivity index (χ3n) is 3.80. The number of thiazole rings is 1. The highest BCUT2D eigenvalue weighted by Gasteiger charge is 2.11. The number of benzene rings is 1. The molecule has 0 atom stereocenters. The lowest BCUT2D eigenvalue weighted by atomic mass is 10.1. The second-order valence-corrected chi connectivity index (χ2v) is 6.32. The van der Waals surface area contributed by atoms with Gasteiger partial charge in [-0.15, -0.1) is 11.3 Å². The molecule has 1 amide bonds. The van der Waals surface area contributed by atoms with E-state index in [1.807, 2.05) is 40.6 Å². The van der Waals surface area contributed by atoms with Gasteiger partial charge in [0, 0.05) is 36.9 Å². The van der Waals surface area contributed by atoms with Gasteiger partial charge in [-0.25, -0.2) is 4.98 Å². The average molecular weight is 349 g/mol. The number of rotatable bonds is 7. The molecule has 5 heteroatoms. The summed E-state index contributed by atoms with van der Waals surface area (Å²) in [5.74, 6) is -0.0132. The highest BCUT2D eigenvalue weighted by molar-refractivity contribution is 7.07. The van der Waals surface area contributed by atoms with E-state index in [-0.39, 0.29) is 5.91 Å². The Bertz CT molecular complexity index is 801. The van der Waals surface area contributed by atoms with Crippen LogP contribution >= 0.6 is 11.3 Å². The minimum Gasteiger partial charge on any atom is -0.334 e. The molecule has 0 aliphatic rings. The van der Waals surface area contributed by atoms with Crippen molar-refractivity contribution in [1.82, 2.24) is 14.9 Å². The molecule has 0 aliphatic carbocycles. The molecule has 2 heterocycles. The second kappa shape index (κ2) is 8.89. The summed E-state index contributed by atoms with van der Waals surface area (Å²) in [5, 5.41) is 1.92. The molecule has 0 spiro atoms. The quantitative estimate of drug-likeness (QED) is 0.609. The van der Waals surface area contributed by atoms with Crippen LogP contribution in [0.3, 0.4) is 0 Å². The Morgan fingerprint density at radius 2 is 1.88 bits per heavy atom. The summed E-state index contributed by atoms with van der Waals surface area (Å²) in [7, 11) is 0. The Balaban J connectivity index is 1.69. The standard InChI is InChI=1S/C20H19N3OS/c24-20(7-6-19-15-25-16-22-19)23(14-18-8-11-21-12-9-18)13-10-17-4-2-1-3-5-17/h1-9,11-12,15-16H,10,13-14H2. The van der Waals surface area contributed by atoms with E-state index in [1.54, 1.807) is 30.1 Å². The molecule has 0 saturated heterocycles. The van der Waals surface area contributed by atoms with Crippen LogP contribution in [0.4, 0.5) is 0 Å². The number of carbonyl (C=O) groups excluding carboxylic acids is 1.